The van der Waals surface area contributed by atoms with Crippen molar-refractivity contribution in [2.45, 2.75) is 33.2 Å². The number of nitrogens with zero attached hydrogens (tertiary/aromatic N) is 2. The number of hydrogen-bond donors (Lipinski definition) is 1. The molecule has 1 unspecified atom stereocenters. The van der Waals surface area contributed by atoms with E-state index in [1.165, 1.54) is 45.7 Å². The highest BCUT2D eigenvalue weighted by atomic mass is 15.3. The van der Waals surface area contributed by atoms with Gasteiger partial charge < -0.3 is 15.1 Å². The Morgan fingerprint density at radius 2 is 1.56 bits per heavy atom. The Morgan fingerprint density at radius 1 is 1.00 bits per heavy atom. The van der Waals surface area contributed by atoms with E-state index in [2.05, 4.69) is 35.9 Å². The molecule has 1 aliphatic heterocycles. The number of rotatable bonds is 6. The highest BCUT2D eigenvalue weighted by Gasteiger charge is 2.17. The first-order chi connectivity index (χ1) is 7.61. The van der Waals surface area contributed by atoms with Crippen LogP contribution in [0.15, 0.2) is 0 Å². The summed E-state index contributed by atoms with van der Waals surface area (Å²) in [6.07, 6.45) is 1.26. The summed E-state index contributed by atoms with van der Waals surface area (Å²) in [5.74, 6) is 0.802. The molecule has 1 saturated heterocycles. The average molecular weight is 227 g/mol. The lowest BCUT2D eigenvalue weighted by Crippen LogP contribution is -2.48. The van der Waals surface area contributed by atoms with E-state index >= 15 is 0 Å². The molecule has 16 heavy (non-hydrogen) atoms. The van der Waals surface area contributed by atoms with Gasteiger partial charge in [-0.15, -0.1) is 0 Å². The van der Waals surface area contributed by atoms with Crippen LogP contribution in [-0.4, -0.2) is 62.2 Å². The second kappa shape index (κ2) is 7.25. The minimum atomic E-state index is 0.647. The van der Waals surface area contributed by atoms with Crippen LogP contribution in [0, 0.1) is 5.92 Å². The van der Waals surface area contributed by atoms with E-state index in [0.717, 1.165) is 5.92 Å². The molecule has 3 nitrogen and oxygen atoms in total. The molecule has 0 aromatic heterocycles. The van der Waals surface area contributed by atoms with E-state index in [-0.39, 0.29) is 0 Å². The summed E-state index contributed by atoms with van der Waals surface area (Å²) in [6.45, 7) is 14.4. The molecular formula is C13H29N3. The van der Waals surface area contributed by atoms with Crippen LogP contribution < -0.4 is 5.32 Å². The molecule has 0 aromatic carbocycles. The first-order valence-electron chi connectivity index (χ1n) is 6.73. The van der Waals surface area contributed by atoms with Gasteiger partial charge >= 0.3 is 0 Å². The van der Waals surface area contributed by atoms with E-state index in [9.17, 15) is 0 Å². The highest BCUT2D eigenvalue weighted by molar-refractivity contribution is 4.73. The van der Waals surface area contributed by atoms with Crippen LogP contribution in [0.2, 0.25) is 0 Å². The number of hydrogen-bond acceptors (Lipinski definition) is 3. The van der Waals surface area contributed by atoms with E-state index in [1.807, 2.05) is 7.05 Å². The predicted molar refractivity (Wildman–Crippen MR) is 70.9 cm³/mol. The Morgan fingerprint density at radius 3 is 2.06 bits per heavy atom. The molecule has 3 heteroatoms. The van der Waals surface area contributed by atoms with Crippen LogP contribution in [-0.2, 0) is 0 Å². The molecule has 1 heterocycles. The van der Waals surface area contributed by atoms with Gasteiger partial charge in [-0.2, -0.15) is 0 Å². The second-order valence-corrected chi connectivity index (χ2v) is 5.51. The van der Waals surface area contributed by atoms with Crippen LogP contribution in [0.1, 0.15) is 27.2 Å². The predicted octanol–water partition coefficient (Wildman–Crippen LogP) is 1.26. The molecule has 0 amide bonds. The summed E-state index contributed by atoms with van der Waals surface area (Å²) in [4.78, 5) is 5.20. The van der Waals surface area contributed by atoms with E-state index in [4.69, 9.17) is 0 Å². The zero-order valence-electron chi connectivity index (χ0n) is 11.5. The molecule has 0 saturated carbocycles. The van der Waals surface area contributed by atoms with Crippen molar-refractivity contribution in [3.05, 3.63) is 0 Å². The Kier molecular flexibility index (Phi) is 6.32. The van der Waals surface area contributed by atoms with Crippen molar-refractivity contribution in [3.8, 4) is 0 Å². The fourth-order valence-corrected chi connectivity index (χ4v) is 2.23. The maximum absolute atomic E-state index is 3.30. The molecule has 0 aromatic rings. The number of nitrogens with one attached hydrogen (secondary N) is 1. The normalized spacial score (nSPS) is 21.6. The number of piperazine rings is 1. The van der Waals surface area contributed by atoms with Gasteiger partial charge in [0.2, 0.25) is 0 Å². The van der Waals surface area contributed by atoms with Crippen molar-refractivity contribution < 1.29 is 0 Å². The zero-order chi connectivity index (χ0) is 12.0. The largest absolute Gasteiger partial charge is 0.317 e. The van der Waals surface area contributed by atoms with Crippen LogP contribution in [0.3, 0.4) is 0 Å². The molecule has 1 fully saturated rings. The van der Waals surface area contributed by atoms with Crippen molar-refractivity contribution in [1.29, 1.82) is 0 Å². The third kappa shape index (κ3) is 5.28. The first-order valence-corrected chi connectivity index (χ1v) is 6.73. The van der Waals surface area contributed by atoms with Gasteiger partial charge in [0.25, 0.3) is 0 Å². The van der Waals surface area contributed by atoms with Gasteiger partial charge in [-0.25, -0.2) is 0 Å². The fraction of sp³-hybridized carbons (Fsp3) is 1.00. The van der Waals surface area contributed by atoms with Gasteiger partial charge in [-0.1, -0.05) is 13.8 Å². The molecule has 1 atom stereocenters. The fourth-order valence-electron chi connectivity index (χ4n) is 2.23. The Balaban J connectivity index is 2.12. The minimum Gasteiger partial charge on any atom is -0.317 e. The summed E-state index contributed by atoms with van der Waals surface area (Å²) < 4.78 is 0. The third-order valence-electron chi connectivity index (χ3n) is 3.46. The van der Waals surface area contributed by atoms with Crippen molar-refractivity contribution >= 4 is 0 Å². The van der Waals surface area contributed by atoms with Gasteiger partial charge in [-0.3, -0.25) is 0 Å². The lowest BCUT2D eigenvalue weighted by Gasteiger charge is -2.35. The quantitative estimate of drug-likeness (QED) is 0.737. The summed E-state index contributed by atoms with van der Waals surface area (Å²) in [5.41, 5.74) is 0. The van der Waals surface area contributed by atoms with Gasteiger partial charge in [0, 0.05) is 38.8 Å². The standard InChI is InChI=1S/C13H29N3/c1-12(2)11-16-9-7-15(8-10-16)6-5-13(3)14-4/h12-14H,5-11H2,1-4H3. The average Bonchev–Trinajstić information content (AvgIpc) is 2.27. The van der Waals surface area contributed by atoms with Crippen molar-refractivity contribution in [2.75, 3.05) is 46.3 Å². The molecule has 0 bridgehead atoms. The molecule has 0 radical (unpaired) electrons. The maximum atomic E-state index is 3.30. The summed E-state index contributed by atoms with van der Waals surface area (Å²) in [7, 11) is 2.05. The smallest absolute Gasteiger partial charge is 0.0110 e. The molecule has 0 aliphatic carbocycles. The zero-order valence-corrected chi connectivity index (χ0v) is 11.5. The summed E-state index contributed by atoms with van der Waals surface area (Å²) >= 11 is 0. The Labute approximate surface area is 101 Å². The molecule has 1 rings (SSSR count). The van der Waals surface area contributed by atoms with E-state index in [1.54, 1.807) is 0 Å². The van der Waals surface area contributed by atoms with Crippen molar-refractivity contribution in [3.63, 3.8) is 0 Å². The highest BCUT2D eigenvalue weighted by Crippen LogP contribution is 2.06. The monoisotopic (exact) mass is 227 g/mol. The molecule has 1 aliphatic rings. The SMILES string of the molecule is CNC(C)CCN1CCN(CC(C)C)CC1. The molecule has 96 valence electrons. The van der Waals surface area contributed by atoms with Gasteiger partial charge in [0.1, 0.15) is 0 Å². The first kappa shape index (κ1) is 13.9. The molecule has 1 N–H and O–H groups in total. The van der Waals surface area contributed by atoms with E-state index < -0.39 is 0 Å². The lowest BCUT2D eigenvalue weighted by atomic mass is 10.1. The van der Waals surface area contributed by atoms with Gasteiger partial charge in [-0.05, 0) is 32.9 Å². The minimum absolute atomic E-state index is 0.647. The van der Waals surface area contributed by atoms with Crippen LogP contribution in [0.4, 0.5) is 0 Å². The van der Waals surface area contributed by atoms with E-state index in [0.29, 0.717) is 6.04 Å². The molecule has 0 spiro atoms. The van der Waals surface area contributed by atoms with Crippen LogP contribution in [0.5, 0.6) is 0 Å². The van der Waals surface area contributed by atoms with Crippen LogP contribution in [0.25, 0.3) is 0 Å². The molecular weight excluding hydrogens is 198 g/mol. The lowest BCUT2D eigenvalue weighted by molar-refractivity contribution is 0.119. The summed E-state index contributed by atoms with van der Waals surface area (Å²) in [5, 5.41) is 3.30. The third-order valence-corrected chi connectivity index (χ3v) is 3.46. The van der Waals surface area contributed by atoms with Crippen LogP contribution >= 0.6 is 0 Å². The van der Waals surface area contributed by atoms with Gasteiger partial charge in [0.05, 0.1) is 0 Å². The Hall–Kier alpha value is -0.120. The van der Waals surface area contributed by atoms with Crippen molar-refractivity contribution in [2.24, 2.45) is 5.92 Å². The maximum Gasteiger partial charge on any atom is 0.0110 e. The van der Waals surface area contributed by atoms with Gasteiger partial charge in [0.15, 0.2) is 0 Å². The Bertz CT molecular complexity index is 174. The van der Waals surface area contributed by atoms with Crippen molar-refractivity contribution in [1.82, 2.24) is 15.1 Å². The summed E-state index contributed by atoms with van der Waals surface area (Å²) in [6, 6.07) is 0.647. The topological polar surface area (TPSA) is 18.5 Å². The second-order valence-electron chi connectivity index (χ2n) is 5.51.